The van der Waals surface area contributed by atoms with Gasteiger partial charge in [-0.15, -0.1) is 0 Å². The van der Waals surface area contributed by atoms with Gasteiger partial charge in [-0.1, -0.05) is 25.1 Å². The number of guanidine groups is 1. The fourth-order valence-corrected chi connectivity index (χ4v) is 4.01. The van der Waals surface area contributed by atoms with Gasteiger partial charge in [-0.05, 0) is 44.9 Å². The zero-order valence-corrected chi connectivity index (χ0v) is 16.4. The van der Waals surface area contributed by atoms with E-state index in [1.54, 1.807) is 0 Å². The van der Waals surface area contributed by atoms with Crippen molar-refractivity contribution >= 4 is 16.8 Å². The molecule has 1 aromatic carbocycles. The zero-order chi connectivity index (χ0) is 17.9. The minimum atomic E-state index is -0.987. The Morgan fingerprint density at radius 2 is 1.96 bits per heavy atom. The lowest BCUT2D eigenvalue weighted by molar-refractivity contribution is 0.206. The predicted molar refractivity (Wildman–Crippen MR) is 107 cm³/mol. The number of benzene rings is 1. The highest BCUT2D eigenvalue weighted by Crippen LogP contribution is 2.10. The number of piperidine rings is 1. The third kappa shape index (κ3) is 7.16. The zero-order valence-electron chi connectivity index (χ0n) is 15.5. The number of nitrogens with zero attached hydrogens (tertiary/aromatic N) is 2. The summed E-state index contributed by atoms with van der Waals surface area (Å²) in [7, 11) is -0.987. The van der Waals surface area contributed by atoms with Crippen molar-refractivity contribution in [3.8, 4) is 0 Å². The number of hydrogen-bond acceptors (Lipinski definition) is 3. The lowest BCUT2D eigenvalue weighted by Crippen LogP contribution is -2.48. The van der Waals surface area contributed by atoms with Gasteiger partial charge in [0.05, 0.1) is 17.3 Å². The number of rotatable bonds is 8. The molecule has 5 nitrogen and oxygen atoms in total. The van der Waals surface area contributed by atoms with E-state index in [-0.39, 0.29) is 0 Å². The van der Waals surface area contributed by atoms with Gasteiger partial charge in [-0.3, -0.25) is 9.20 Å². The van der Waals surface area contributed by atoms with E-state index in [9.17, 15) is 4.21 Å². The fraction of sp³-hybridized carbons (Fsp3) is 0.632. The summed E-state index contributed by atoms with van der Waals surface area (Å²) in [6.07, 6.45) is 3.53. The monoisotopic (exact) mass is 364 g/mol. The smallest absolute Gasteiger partial charge is 0.191 e. The molecule has 0 saturated carbocycles. The second kappa shape index (κ2) is 11.3. The topological polar surface area (TPSA) is 56.7 Å². The molecule has 1 aliphatic heterocycles. The van der Waals surface area contributed by atoms with Crippen molar-refractivity contribution < 1.29 is 4.21 Å². The minimum absolute atomic E-state index is 0.477. The summed E-state index contributed by atoms with van der Waals surface area (Å²) in [6.45, 7) is 9.22. The largest absolute Gasteiger partial charge is 0.357 e. The fourth-order valence-electron chi connectivity index (χ4n) is 3.06. The van der Waals surface area contributed by atoms with Gasteiger partial charge in [0.15, 0.2) is 5.96 Å². The molecule has 2 rings (SSSR count). The summed E-state index contributed by atoms with van der Waals surface area (Å²) in [4.78, 5) is 8.02. The summed E-state index contributed by atoms with van der Waals surface area (Å²) < 4.78 is 12.3. The van der Waals surface area contributed by atoms with Crippen LogP contribution < -0.4 is 10.6 Å². The third-order valence-electron chi connectivity index (χ3n) is 4.37. The van der Waals surface area contributed by atoms with E-state index < -0.39 is 10.8 Å². The first-order chi connectivity index (χ1) is 12.2. The molecular formula is C19H32N4OS. The third-order valence-corrected chi connectivity index (χ3v) is 5.72. The Balaban J connectivity index is 1.79. The van der Waals surface area contributed by atoms with E-state index >= 15 is 0 Å². The standard InChI is InChI=1S/C19H32N4OS/c1-3-13-23-14-10-17(11-15-23)22-19(20-4-2)21-12-16-25(24)18-8-6-5-7-9-18/h5-9,17H,3-4,10-16H2,1-2H3,(H2,20,21,22). The van der Waals surface area contributed by atoms with Gasteiger partial charge in [0.25, 0.3) is 0 Å². The summed E-state index contributed by atoms with van der Waals surface area (Å²) in [5, 5.41) is 6.85. The van der Waals surface area contributed by atoms with Crippen LogP contribution in [0, 0.1) is 0 Å². The molecule has 1 saturated heterocycles. The molecule has 0 bridgehead atoms. The molecule has 6 heteroatoms. The molecular weight excluding hydrogens is 332 g/mol. The van der Waals surface area contributed by atoms with Gasteiger partial charge in [0, 0.05) is 36.3 Å². The van der Waals surface area contributed by atoms with Crippen LogP contribution in [-0.4, -0.2) is 59.6 Å². The SMILES string of the molecule is CCCN1CCC(NC(=NCCS(=O)c2ccccc2)NCC)CC1. The van der Waals surface area contributed by atoms with Crippen molar-refractivity contribution in [1.29, 1.82) is 0 Å². The van der Waals surface area contributed by atoms with Crippen LogP contribution in [0.1, 0.15) is 33.1 Å². The van der Waals surface area contributed by atoms with Crippen molar-refractivity contribution in [2.24, 2.45) is 4.99 Å². The molecule has 1 fully saturated rings. The maximum atomic E-state index is 12.3. The molecule has 0 aliphatic carbocycles. The Morgan fingerprint density at radius 1 is 1.24 bits per heavy atom. The van der Waals surface area contributed by atoms with Crippen LogP contribution in [0.25, 0.3) is 0 Å². The molecule has 1 unspecified atom stereocenters. The van der Waals surface area contributed by atoms with E-state index in [4.69, 9.17) is 0 Å². The summed E-state index contributed by atoms with van der Waals surface area (Å²) in [6, 6.07) is 10.1. The van der Waals surface area contributed by atoms with Crippen LogP contribution in [0.5, 0.6) is 0 Å². The first-order valence-corrected chi connectivity index (χ1v) is 10.8. The van der Waals surface area contributed by atoms with Crippen LogP contribution in [-0.2, 0) is 10.8 Å². The van der Waals surface area contributed by atoms with E-state index in [1.165, 1.54) is 13.0 Å². The Bertz CT molecular complexity index is 542. The molecule has 1 heterocycles. The second-order valence-corrected chi connectivity index (χ2v) is 7.95. The first kappa shape index (κ1) is 19.9. The average molecular weight is 365 g/mol. The summed E-state index contributed by atoms with van der Waals surface area (Å²) >= 11 is 0. The summed E-state index contributed by atoms with van der Waals surface area (Å²) in [5.74, 6) is 1.40. The van der Waals surface area contributed by atoms with Gasteiger partial charge in [-0.2, -0.15) is 0 Å². The van der Waals surface area contributed by atoms with Gasteiger partial charge in [0.1, 0.15) is 0 Å². The van der Waals surface area contributed by atoms with Gasteiger partial charge in [-0.25, -0.2) is 0 Å². The van der Waals surface area contributed by atoms with Crippen molar-refractivity contribution in [3.05, 3.63) is 30.3 Å². The quantitative estimate of drug-likeness (QED) is 0.549. The molecule has 0 amide bonds. The van der Waals surface area contributed by atoms with E-state index in [0.717, 1.165) is 43.3 Å². The van der Waals surface area contributed by atoms with Crippen LogP contribution in [0.3, 0.4) is 0 Å². The van der Waals surface area contributed by atoms with E-state index in [0.29, 0.717) is 18.3 Å². The lowest BCUT2D eigenvalue weighted by atomic mass is 10.1. The number of hydrogen-bond donors (Lipinski definition) is 2. The Morgan fingerprint density at radius 3 is 2.60 bits per heavy atom. The maximum absolute atomic E-state index is 12.3. The van der Waals surface area contributed by atoms with Crippen LogP contribution in [0.15, 0.2) is 40.2 Å². The molecule has 1 aliphatic rings. The van der Waals surface area contributed by atoms with Gasteiger partial charge < -0.3 is 15.5 Å². The summed E-state index contributed by atoms with van der Waals surface area (Å²) in [5.41, 5.74) is 0. The minimum Gasteiger partial charge on any atom is -0.357 e. The molecule has 140 valence electrons. The van der Waals surface area contributed by atoms with Crippen LogP contribution in [0.2, 0.25) is 0 Å². The van der Waals surface area contributed by atoms with Crippen LogP contribution >= 0.6 is 0 Å². The number of likely N-dealkylation sites (tertiary alicyclic amines) is 1. The highest BCUT2D eigenvalue weighted by atomic mass is 32.2. The van der Waals surface area contributed by atoms with Crippen molar-refractivity contribution in [3.63, 3.8) is 0 Å². The normalized spacial score (nSPS) is 18.1. The number of nitrogens with one attached hydrogen (secondary N) is 2. The maximum Gasteiger partial charge on any atom is 0.191 e. The molecule has 0 spiro atoms. The van der Waals surface area contributed by atoms with E-state index in [1.807, 2.05) is 30.3 Å². The van der Waals surface area contributed by atoms with Gasteiger partial charge in [0.2, 0.25) is 0 Å². The van der Waals surface area contributed by atoms with Crippen molar-refractivity contribution in [2.45, 2.75) is 44.0 Å². The molecule has 0 radical (unpaired) electrons. The second-order valence-electron chi connectivity index (χ2n) is 6.38. The highest BCUT2D eigenvalue weighted by Gasteiger charge is 2.19. The number of aliphatic imine (C=N–C) groups is 1. The Hall–Kier alpha value is -1.40. The Kier molecular flexibility index (Phi) is 8.97. The lowest BCUT2D eigenvalue weighted by Gasteiger charge is -2.32. The highest BCUT2D eigenvalue weighted by molar-refractivity contribution is 7.85. The molecule has 1 aromatic rings. The van der Waals surface area contributed by atoms with E-state index in [2.05, 4.69) is 34.4 Å². The van der Waals surface area contributed by atoms with Gasteiger partial charge >= 0.3 is 0 Å². The predicted octanol–water partition coefficient (Wildman–Crippen LogP) is 2.22. The molecule has 25 heavy (non-hydrogen) atoms. The molecule has 0 aromatic heterocycles. The molecule has 2 N–H and O–H groups in total. The molecule has 1 atom stereocenters. The first-order valence-electron chi connectivity index (χ1n) is 9.43. The van der Waals surface area contributed by atoms with Crippen molar-refractivity contribution in [2.75, 3.05) is 38.5 Å². The Labute approximate surface area is 154 Å². The van der Waals surface area contributed by atoms with Crippen LogP contribution in [0.4, 0.5) is 0 Å². The average Bonchev–Trinajstić information content (AvgIpc) is 2.64. The van der Waals surface area contributed by atoms with Crippen molar-refractivity contribution in [1.82, 2.24) is 15.5 Å².